The molecule has 0 aliphatic heterocycles. The van der Waals surface area contributed by atoms with Crippen LogP contribution in [0.5, 0.6) is 0 Å². The molecule has 1 aromatic heterocycles. The molecule has 0 aliphatic rings. The van der Waals surface area contributed by atoms with E-state index in [1.807, 2.05) is 32.0 Å². The van der Waals surface area contributed by atoms with Gasteiger partial charge >= 0.3 is 0 Å². The zero-order valence-corrected chi connectivity index (χ0v) is 10.2. The number of aromatic nitrogens is 2. The third kappa shape index (κ3) is 2.48. The topological polar surface area (TPSA) is 94.0 Å². The number of hydrogen-bond acceptors (Lipinski definition) is 5. The Balaban J connectivity index is 2.08. The molecule has 1 aromatic carbocycles. The molecule has 1 amide bonds. The van der Waals surface area contributed by atoms with E-state index in [1.165, 1.54) is 0 Å². The highest BCUT2D eigenvalue weighted by Crippen LogP contribution is 2.18. The number of aryl methyl sites for hydroxylation is 1. The maximum absolute atomic E-state index is 11.8. The monoisotopic (exact) mass is 246 g/mol. The Morgan fingerprint density at radius 2 is 2.17 bits per heavy atom. The van der Waals surface area contributed by atoms with Crippen molar-refractivity contribution in [3.05, 3.63) is 35.0 Å². The van der Waals surface area contributed by atoms with Crippen LogP contribution >= 0.6 is 0 Å². The standard InChI is InChI=1S/C12H14N4O2/c1-7-4-3-5-9(8(7)2)14-11(17)6-10-12(13)16-18-15-10/h3-5H,6H2,1-2H3,(H2,13,16)(H,14,17). The molecule has 0 radical (unpaired) electrons. The summed E-state index contributed by atoms with van der Waals surface area (Å²) in [6, 6.07) is 5.74. The summed E-state index contributed by atoms with van der Waals surface area (Å²) in [4.78, 5) is 11.8. The number of nitrogens with zero attached hydrogens (tertiary/aromatic N) is 2. The third-order valence-corrected chi connectivity index (χ3v) is 2.79. The van der Waals surface area contributed by atoms with Crippen molar-refractivity contribution < 1.29 is 9.42 Å². The van der Waals surface area contributed by atoms with Gasteiger partial charge in [0.1, 0.15) is 5.69 Å². The van der Waals surface area contributed by atoms with Crippen molar-refractivity contribution >= 4 is 17.4 Å². The first-order chi connectivity index (χ1) is 8.58. The molecule has 0 spiro atoms. The van der Waals surface area contributed by atoms with Gasteiger partial charge in [-0.1, -0.05) is 17.3 Å². The van der Waals surface area contributed by atoms with Crippen LogP contribution in [-0.2, 0) is 11.2 Å². The number of anilines is 2. The van der Waals surface area contributed by atoms with E-state index in [2.05, 4.69) is 20.3 Å². The molecule has 1 heterocycles. The number of rotatable bonds is 3. The zero-order valence-electron chi connectivity index (χ0n) is 10.2. The van der Waals surface area contributed by atoms with E-state index in [-0.39, 0.29) is 18.1 Å². The minimum Gasteiger partial charge on any atom is -0.379 e. The number of nitrogens with two attached hydrogens (primary N) is 1. The van der Waals surface area contributed by atoms with E-state index < -0.39 is 0 Å². The van der Waals surface area contributed by atoms with Gasteiger partial charge in [-0.3, -0.25) is 4.79 Å². The summed E-state index contributed by atoms with van der Waals surface area (Å²) in [6.07, 6.45) is 0.0444. The highest BCUT2D eigenvalue weighted by Gasteiger charge is 2.12. The molecule has 6 nitrogen and oxygen atoms in total. The zero-order chi connectivity index (χ0) is 13.1. The first-order valence-corrected chi connectivity index (χ1v) is 5.51. The van der Waals surface area contributed by atoms with Crippen LogP contribution in [0.3, 0.4) is 0 Å². The predicted octanol–water partition coefficient (Wildman–Crippen LogP) is 1.45. The van der Waals surface area contributed by atoms with Gasteiger partial charge in [0.15, 0.2) is 5.82 Å². The molecule has 6 heteroatoms. The fourth-order valence-corrected chi connectivity index (χ4v) is 1.57. The van der Waals surface area contributed by atoms with Crippen molar-refractivity contribution in [3.8, 4) is 0 Å². The molecule has 0 saturated heterocycles. The SMILES string of the molecule is Cc1cccc(NC(=O)Cc2nonc2N)c1C. The molecule has 0 atom stereocenters. The average Bonchev–Trinajstić information content (AvgIpc) is 2.71. The summed E-state index contributed by atoms with van der Waals surface area (Å²) in [5.41, 5.74) is 8.78. The van der Waals surface area contributed by atoms with Crippen molar-refractivity contribution in [2.75, 3.05) is 11.1 Å². The minimum absolute atomic E-state index is 0.0444. The van der Waals surface area contributed by atoms with Gasteiger partial charge in [0.05, 0.1) is 6.42 Å². The number of nitrogen functional groups attached to an aromatic ring is 1. The lowest BCUT2D eigenvalue weighted by Gasteiger charge is -2.09. The second kappa shape index (κ2) is 4.87. The maximum atomic E-state index is 11.8. The van der Waals surface area contributed by atoms with Crippen LogP contribution in [-0.4, -0.2) is 16.2 Å². The number of benzene rings is 1. The van der Waals surface area contributed by atoms with Crippen molar-refractivity contribution in [1.82, 2.24) is 10.3 Å². The Kier molecular flexibility index (Phi) is 3.27. The maximum Gasteiger partial charge on any atom is 0.230 e. The summed E-state index contributed by atoms with van der Waals surface area (Å²) < 4.78 is 4.43. The lowest BCUT2D eigenvalue weighted by atomic mass is 10.1. The average molecular weight is 246 g/mol. The number of carbonyl (C=O) groups is 1. The smallest absolute Gasteiger partial charge is 0.230 e. The van der Waals surface area contributed by atoms with E-state index in [9.17, 15) is 4.79 Å². The van der Waals surface area contributed by atoms with Gasteiger partial charge in [-0.05, 0) is 36.2 Å². The summed E-state index contributed by atoms with van der Waals surface area (Å²) in [5.74, 6) is -0.0581. The fraction of sp³-hybridized carbons (Fsp3) is 0.250. The Morgan fingerprint density at radius 3 is 2.83 bits per heavy atom. The molecule has 18 heavy (non-hydrogen) atoms. The Bertz CT molecular complexity index is 577. The van der Waals surface area contributed by atoms with Crippen LogP contribution in [0.15, 0.2) is 22.8 Å². The first-order valence-electron chi connectivity index (χ1n) is 5.51. The summed E-state index contributed by atoms with van der Waals surface area (Å²) in [7, 11) is 0. The van der Waals surface area contributed by atoms with Crippen LogP contribution in [0.2, 0.25) is 0 Å². The van der Waals surface area contributed by atoms with Crippen LogP contribution in [0.25, 0.3) is 0 Å². The predicted molar refractivity (Wildman–Crippen MR) is 67.0 cm³/mol. The van der Waals surface area contributed by atoms with Crippen LogP contribution < -0.4 is 11.1 Å². The van der Waals surface area contributed by atoms with Crippen molar-refractivity contribution in [2.24, 2.45) is 0 Å². The normalized spacial score (nSPS) is 10.3. The molecule has 94 valence electrons. The third-order valence-electron chi connectivity index (χ3n) is 2.79. The number of nitrogens with one attached hydrogen (secondary N) is 1. The largest absolute Gasteiger partial charge is 0.379 e. The lowest BCUT2D eigenvalue weighted by Crippen LogP contribution is -2.16. The number of carbonyl (C=O) groups excluding carboxylic acids is 1. The van der Waals surface area contributed by atoms with Gasteiger partial charge < -0.3 is 11.1 Å². The highest BCUT2D eigenvalue weighted by molar-refractivity contribution is 5.93. The van der Waals surface area contributed by atoms with Crippen LogP contribution in [0.1, 0.15) is 16.8 Å². The molecule has 2 aromatic rings. The van der Waals surface area contributed by atoms with Gasteiger partial charge in [0.2, 0.25) is 5.91 Å². The van der Waals surface area contributed by atoms with Crippen molar-refractivity contribution in [2.45, 2.75) is 20.3 Å². The minimum atomic E-state index is -0.203. The molecular weight excluding hydrogens is 232 g/mol. The molecule has 0 bridgehead atoms. The van der Waals surface area contributed by atoms with Crippen molar-refractivity contribution in [3.63, 3.8) is 0 Å². The molecule has 0 fully saturated rings. The molecule has 3 N–H and O–H groups in total. The summed E-state index contributed by atoms with van der Waals surface area (Å²) >= 11 is 0. The second-order valence-corrected chi connectivity index (χ2v) is 4.07. The molecular formula is C12H14N4O2. The number of hydrogen-bond donors (Lipinski definition) is 2. The first kappa shape index (κ1) is 12.1. The van der Waals surface area contributed by atoms with Gasteiger partial charge in [-0.25, -0.2) is 4.63 Å². The Morgan fingerprint density at radius 1 is 1.39 bits per heavy atom. The Hall–Kier alpha value is -2.37. The van der Waals surface area contributed by atoms with E-state index in [1.54, 1.807) is 0 Å². The van der Waals surface area contributed by atoms with Gasteiger partial charge in [-0.15, -0.1) is 0 Å². The second-order valence-electron chi connectivity index (χ2n) is 4.07. The van der Waals surface area contributed by atoms with Crippen LogP contribution in [0, 0.1) is 13.8 Å². The molecule has 0 aliphatic carbocycles. The van der Waals surface area contributed by atoms with E-state index in [4.69, 9.17) is 5.73 Å². The van der Waals surface area contributed by atoms with E-state index >= 15 is 0 Å². The fourth-order valence-electron chi connectivity index (χ4n) is 1.57. The quantitative estimate of drug-likeness (QED) is 0.854. The summed E-state index contributed by atoms with van der Waals surface area (Å²) in [6.45, 7) is 3.95. The molecule has 2 rings (SSSR count). The number of amides is 1. The van der Waals surface area contributed by atoms with Crippen molar-refractivity contribution in [1.29, 1.82) is 0 Å². The summed E-state index contributed by atoms with van der Waals surface area (Å²) in [5, 5.41) is 9.80. The van der Waals surface area contributed by atoms with Gasteiger partial charge in [-0.2, -0.15) is 0 Å². The van der Waals surface area contributed by atoms with Crippen LogP contribution in [0.4, 0.5) is 11.5 Å². The molecule has 0 saturated carbocycles. The highest BCUT2D eigenvalue weighted by atomic mass is 16.6. The van der Waals surface area contributed by atoms with E-state index in [0.717, 1.165) is 16.8 Å². The van der Waals surface area contributed by atoms with Gasteiger partial charge in [0.25, 0.3) is 0 Å². The lowest BCUT2D eigenvalue weighted by molar-refractivity contribution is -0.115. The molecule has 0 unspecified atom stereocenters. The Labute approximate surface area is 104 Å². The van der Waals surface area contributed by atoms with Gasteiger partial charge in [0, 0.05) is 5.69 Å². The van der Waals surface area contributed by atoms with E-state index in [0.29, 0.717) is 5.69 Å².